The molecule has 73 valence electrons. The molecule has 0 aromatic heterocycles. The first-order valence-electron chi connectivity index (χ1n) is 3.64. The summed E-state index contributed by atoms with van der Waals surface area (Å²) >= 11 is 0. The van der Waals surface area contributed by atoms with E-state index in [2.05, 4.69) is 15.9 Å². The van der Waals surface area contributed by atoms with Crippen LogP contribution in [0.15, 0.2) is 11.8 Å². The molecular weight excluding hydrogens is 148 g/mol. The first-order valence-corrected chi connectivity index (χ1v) is 3.64. The van der Waals surface area contributed by atoms with Crippen LogP contribution in [0.2, 0.25) is 0 Å². The van der Waals surface area contributed by atoms with Gasteiger partial charge in [0.15, 0.2) is 0 Å². The van der Waals surface area contributed by atoms with E-state index in [0.717, 1.165) is 32.7 Å². The summed E-state index contributed by atoms with van der Waals surface area (Å²) in [6.07, 6.45) is 1.87. The van der Waals surface area contributed by atoms with Crippen LogP contribution in [-0.4, -0.2) is 37.6 Å². The fourth-order valence-electron chi connectivity index (χ4n) is 1.08. The van der Waals surface area contributed by atoms with Crippen LogP contribution >= 0.6 is 0 Å². The average molecular weight is 171 g/mol. The zero-order valence-electron chi connectivity index (χ0n) is 6.14. The van der Waals surface area contributed by atoms with Crippen molar-refractivity contribution in [3.05, 3.63) is 18.4 Å². The Morgan fingerprint density at radius 3 is 2.50 bits per heavy atom. The summed E-state index contributed by atoms with van der Waals surface area (Å²) in [4.78, 5) is 2.34. The van der Waals surface area contributed by atoms with Crippen molar-refractivity contribution in [2.75, 3.05) is 32.7 Å². The topological polar surface area (TPSA) is 15.3 Å². The molecule has 1 N–H and O–H groups in total. The minimum atomic E-state index is 0. The third-order valence-corrected chi connectivity index (χ3v) is 1.68. The van der Waals surface area contributed by atoms with Gasteiger partial charge in [0.1, 0.15) is 0 Å². The molecule has 0 unspecified atom stereocenters. The van der Waals surface area contributed by atoms with Crippen LogP contribution < -0.4 is 5.32 Å². The standard InChI is InChI=1S/C8H13N2.2CH4.H2/c1-2-3-6-10-7-4-9-5-8-10;;;/h1,3,9H,4-8H2;2*1H4;1H. The molecule has 0 saturated carbocycles. The van der Waals surface area contributed by atoms with Gasteiger partial charge in [-0.2, -0.15) is 0 Å². The van der Waals surface area contributed by atoms with Crippen molar-refractivity contribution in [3.63, 3.8) is 0 Å². The fourth-order valence-corrected chi connectivity index (χ4v) is 1.08. The molecule has 1 saturated heterocycles. The molecule has 1 heterocycles. The molecule has 0 aliphatic carbocycles. The van der Waals surface area contributed by atoms with Gasteiger partial charge in [0.25, 0.3) is 0 Å². The van der Waals surface area contributed by atoms with E-state index < -0.39 is 0 Å². The van der Waals surface area contributed by atoms with Gasteiger partial charge < -0.3 is 5.32 Å². The minimum absolute atomic E-state index is 0. The molecule has 2 heteroatoms. The van der Waals surface area contributed by atoms with Crippen molar-refractivity contribution >= 4 is 0 Å². The summed E-state index contributed by atoms with van der Waals surface area (Å²) in [7, 11) is 0. The zero-order valence-corrected chi connectivity index (χ0v) is 6.14. The van der Waals surface area contributed by atoms with E-state index in [0.29, 0.717) is 0 Å². The lowest BCUT2D eigenvalue weighted by molar-refractivity contribution is 0.265. The molecule has 1 radical (unpaired) electrons. The Bertz CT molecular complexity index is 136. The normalized spacial score (nSPS) is 16.7. The van der Waals surface area contributed by atoms with Crippen molar-refractivity contribution in [1.29, 1.82) is 0 Å². The second-order valence-electron chi connectivity index (χ2n) is 2.42. The van der Waals surface area contributed by atoms with Gasteiger partial charge >= 0.3 is 0 Å². The second-order valence-corrected chi connectivity index (χ2v) is 2.42. The SMILES string of the molecule is C.C.[CH]=C=CCN1CCNCC1.[HH]. The summed E-state index contributed by atoms with van der Waals surface area (Å²) in [5, 5.41) is 3.28. The lowest BCUT2D eigenvalue weighted by atomic mass is 10.3. The van der Waals surface area contributed by atoms with Gasteiger partial charge in [-0.3, -0.25) is 4.90 Å². The Morgan fingerprint density at radius 1 is 1.42 bits per heavy atom. The van der Waals surface area contributed by atoms with E-state index in [4.69, 9.17) is 6.58 Å². The molecule has 0 aromatic rings. The van der Waals surface area contributed by atoms with Crippen LogP contribution in [0, 0.1) is 6.58 Å². The predicted molar refractivity (Wildman–Crippen MR) is 57.3 cm³/mol. The molecule has 2 nitrogen and oxygen atoms in total. The minimum Gasteiger partial charge on any atom is -0.314 e. The fraction of sp³-hybridized carbons (Fsp3) is 0.700. The number of nitrogens with zero attached hydrogens (tertiary/aromatic N) is 1. The number of rotatable bonds is 2. The van der Waals surface area contributed by atoms with Crippen LogP contribution in [0.4, 0.5) is 0 Å². The molecule has 0 bridgehead atoms. The van der Waals surface area contributed by atoms with Gasteiger partial charge in [-0.1, -0.05) is 14.9 Å². The summed E-state index contributed by atoms with van der Waals surface area (Å²) in [6.45, 7) is 10.5. The summed E-state index contributed by atoms with van der Waals surface area (Å²) in [5.74, 6) is 0. The molecule has 1 aliphatic heterocycles. The highest BCUT2D eigenvalue weighted by molar-refractivity contribution is 4.80. The predicted octanol–water partition coefficient (Wildman–Crippen LogP) is 1.55. The highest BCUT2D eigenvalue weighted by atomic mass is 15.2. The van der Waals surface area contributed by atoms with Crippen molar-refractivity contribution < 1.29 is 1.43 Å². The maximum atomic E-state index is 5.10. The monoisotopic (exact) mass is 171 g/mol. The Labute approximate surface area is 78.4 Å². The second kappa shape index (κ2) is 8.54. The van der Waals surface area contributed by atoms with Crippen LogP contribution in [0.25, 0.3) is 0 Å². The molecule has 1 aliphatic rings. The third-order valence-electron chi connectivity index (χ3n) is 1.68. The maximum absolute atomic E-state index is 5.10. The lowest BCUT2D eigenvalue weighted by Gasteiger charge is -2.25. The number of piperazine rings is 1. The lowest BCUT2D eigenvalue weighted by Crippen LogP contribution is -2.43. The molecular formula is C10H23N2. The molecule has 1 fully saturated rings. The van der Waals surface area contributed by atoms with Crippen LogP contribution in [0.1, 0.15) is 16.3 Å². The van der Waals surface area contributed by atoms with E-state index in [-0.39, 0.29) is 16.3 Å². The molecule has 0 spiro atoms. The van der Waals surface area contributed by atoms with Gasteiger partial charge in [-0.25, -0.2) is 0 Å². The molecule has 1 rings (SSSR count). The van der Waals surface area contributed by atoms with E-state index >= 15 is 0 Å². The third kappa shape index (κ3) is 5.14. The first-order chi connectivity index (χ1) is 4.93. The van der Waals surface area contributed by atoms with E-state index in [9.17, 15) is 0 Å². The highest BCUT2D eigenvalue weighted by Gasteiger charge is 2.05. The molecule has 0 atom stereocenters. The highest BCUT2D eigenvalue weighted by Crippen LogP contribution is 1.90. The smallest absolute Gasteiger partial charge is 0.0239 e. The largest absolute Gasteiger partial charge is 0.314 e. The van der Waals surface area contributed by atoms with Crippen molar-refractivity contribution in [2.24, 2.45) is 0 Å². The van der Waals surface area contributed by atoms with Gasteiger partial charge in [0.2, 0.25) is 0 Å². The van der Waals surface area contributed by atoms with Gasteiger partial charge in [0, 0.05) is 34.2 Å². The van der Waals surface area contributed by atoms with E-state index in [1.807, 2.05) is 6.08 Å². The van der Waals surface area contributed by atoms with Crippen molar-refractivity contribution in [1.82, 2.24) is 10.2 Å². The Hall–Kier alpha value is -0.560. The van der Waals surface area contributed by atoms with E-state index in [1.165, 1.54) is 0 Å². The summed E-state index contributed by atoms with van der Waals surface area (Å²) in [6, 6.07) is 0. The molecule has 12 heavy (non-hydrogen) atoms. The van der Waals surface area contributed by atoms with Crippen molar-refractivity contribution in [2.45, 2.75) is 14.9 Å². The zero-order chi connectivity index (χ0) is 7.23. The summed E-state index contributed by atoms with van der Waals surface area (Å²) in [5.41, 5.74) is 2.53. The van der Waals surface area contributed by atoms with Crippen LogP contribution in [-0.2, 0) is 0 Å². The maximum Gasteiger partial charge on any atom is 0.0239 e. The Kier molecular flexibility index (Phi) is 9.95. The number of nitrogens with one attached hydrogen (secondary N) is 1. The summed E-state index contributed by atoms with van der Waals surface area (Å²) < 4.78 is 0. The molecule has 0 aromatic carbocycles. The van der Waals surface area contributed by atoms with Crippen molar-refractivity contribution in [3.8, 4) is 0 Å². The average Bonchev–Trinajstić information content (AvgIpc) is 2.03. The Morgan fingerprint density at radius 2 is 2.00 bits per heavy atom. The van der Waals surface area contributed by atoms with Crippen LogP contribution in [0.3, 0.4) is 0 Å². The quantitative estimate of drug-likeness (QED) is 0.634. The first kappa shape index (κ1) is 14.0. The molecule has 0 amide bonds. The Balaban J connectivity index is -0.000000333. The van der Waals surface area contributed by atoms with Gasteiger partial charge in [-0.05, 0) is 12.7 Å². The van der Waals surface area contributed by atoms with Gasteiger partial charge in [-0.15, -0.1) is 5.73 Å². The van der Waals surface area contributed by atoms with Gasteiger partial charge in [0.05, 0.1) is 0 Å². The van der Waals surface area contributed by atoms with E-state index in [1.54, 1.807) is 0 Å². The number of hydrogen-bond donors (Lipinski definition) is 1. The number of hydrogen-bond acceptors (Lipinski definition) is 2. The van der Waals surface area contributed by atoms with Crippen LogP contribution in [0.5, 0.6) is 0 Å².